The van der Waals surface area contributed by atoms with Crippen LogP contribution in [0.5, 0.6) is 0 Å². The van der Waals surface area contributed by atoms with Gasteiger partial charge in [-0.15, -0.1) is 11.8 Å². The standard InChI is InChI=1S/C5H9NS/c1-5-4-6-2-3-7-5/h6H,1-4H2. The first kappa shape index (κ1) is 5.19. The summed E-state index contributed by atoms with van der Waals surface area (Å²) in [4.78, 5) is 1.27. The molecular weight excluding hydrogens is 106 g/mol. The summed E-state index contributed by atoms with van der Waals surface area (Å²) in [6.45, 7) is 5.96. The van der Waals surface area contributed by atoms with Crippen LogP contribution in [0.4, 0.5) is 0 Å². The van der Waals surface area contributed by atoms with Crippen LogP contribution in [-0.4, -0.2) is 18.8 Å². The topological polar surface area (TPSA) is 12.0 Å². The van der Waals surface area contributed by atoms with Crippen LogP contribution in [0, 0.1) is 0 Å². The maximum Gasteiger partial charge on any atom is 0.0259 e. The molecular formula is C5H9NS. The van der Waals surface area contributed by atoms with Crippen molar-refractivity contribution in [3.63, 3.8) is 0 Å². The number of nitrogens with one attached hydrogen (secondary N) is 1. The fourth-order valence-electron chi connectivity index (χ4n) is 0.546. The average Bonchev–Trinajstić information content (AvgIpc) is 1.69. The molecule has 1 saturated heterocycles. The van der Waals surface area contributed by atoms with Crippen LogP contribution in [0.2, 0.25) is 0 Å². The Morgan fingerprint density at radius 1 is 1.71 bits per heavy atom. The molecule has 0 bridgehead atoms. The zero-order chi connectivity index (χ0) is 5.11. The van der Waals surface area contributed by atoms with Crippen LogP contribution in [0.25, 0.3) is 0 Å². The molecule has 0 aromatic heterocycles. The van der Waals surface area contributed by atoms with Gasteiger partial charge < -0.3 is 5.32 Å². The van der Waals surface area contributed by atoms with Gasteiger partial charge in [-0.1, -0.05) is 6.58 Å². The Labute approximate surface area is 48.2 Å². The minimum atomic E-state index is 1.00. The number of hydrogen-bond acceptors (Lipinski definition) is 2. The Bertz CT molecular complexity index is 72.1. The third-order valence-electron chi connectivity index (χ3n) is 0.907. The lowest BCUT2D eigenvalue weighted by Gasteiger charge is -2.12. The van der Waals surface area contributed by atoms with E-state index < -0.39 is 0 Å². The molecule has 40 valence electrons. The van der Waals surface area contributed by atoms with E-state index in [1.807, 2.05) is 11.8 Å². The van der Waals surface area contributed by atoms with Gasteiger partial charge in [0.15, 0.2) is 0 Å². The minimum absolute atomic E-state index is 1.00. The molecule has 0 unspecified atom stereocenters. The van der Waals surface area contributed by atoms with E-state index in [4.69, 9.17) is 0 Å². The zero-order valence-electron chi connectivity index (χ0n) is 4.24. The highest BCUT2D eigenvalue weighted by atomic mass is 32.2. The molecule has 2 heteroatoms. The first-order valence-corrected chi connectivity index (χ1v) is 3.39. The van der Waals surface area contributed by atoms with Crippen LogP contribution < -0.4 is 5.32 Å². The van der Waals surface area contributed by atoms with Crippen LogP contribution in [0.1, 0.15) is 0 Å². The van der Waals surface area contributed by atoms with E-state index in [2.05, 4.69) is 11.9 Å². The van der Waals surface area contributed by atoms with Gasteiger partial charge in [-0.25, -0.2) is 0 Å². The molecule has 0 aromatic rings. The summed E-state index contributed by atoms with van der Waals surface area (Å²) in [6, 6.07) is 0. The minimum Gasteiger partial charge on any atom is -0.311 e. The summed E-state index contributed by atoms with van der Waals surface area (Å²) in [6.07, 6.45) is 0. The van der Waals surface area contributed by atoms with Crippen LogP contribution in [-0.2, 0) is 0 Å². The summed E-state index contributed by atoms with van der Waals surface area (Å²) < 4.78 is 0. The molecule has 1 fully saturated rings. The third-order valence-corrected chi connectivity index (χ3v) is 1.87. The van der Waals surface area contributed by atoms with E-state index in [-0.39, 0.29) is 0 Å². The van der Waals surface area contributed by atoms with Crippen molar-refractivity contribution in [2.24, 2.45) is 0 Å². The van der Waals surface area contributed by atoms with Gasteiger partial charge in [-0.2, -0.15) is 0 Å². The van der Waals surface area contributed by atoms with E-state index in [1.165, 1.54) is 10.7 Å². The van der Waals surface area contributed by atoms with Gasteiger partial charge in [0.25, 0.3) is 0 Å². The van der Waals surface area contributed by atoms with Gasteiger partial charge in [0, 0.05) is 18.8 Å². The van der Waals surface area contributed by atoms with Crippen molar-refractivity contribution < 1.29 is 0 Å². The second-order valence-electron chi connectivity index (χ2n) is 1.56. The van der Waals surface area contributed by atoms with Gasteiger partial charge in [-0.05, 0) is 4.91 Å². The molecule has 1 aliphatic heterocycles. The SMILES string of the molecule is C=C1CNCCS1. The highest BCUT2D eigenvalue weighted by molar-refractivity contribution is 8.03. The zero-order valence-corrected chi connectivity index (χ0v) is 5.05. The van der Waals surface area contributed by atoms with E-state index in [9.17, 15) is 0 Å². The van der Waals surface area contributed by atoms with E-state index in [1.54, 1.807) is 0 Å². The Kier molecular flexibility index (Phi) is 1.77. The second-order valence-corrected chi connectivity index (χ2v) is 2.84. The average molecular weight is 115 g/mol. The van der Waals surface area contributed by atoms with E-state index in [0.717, 1.165) is 13.1 Å². The summed E-state index contributed by atoms with van der Waals surface area (Å²) in [5.41, 5.74) is 0. The van der Waals surface area contributed by atoms with Crippen LogP contribution >= 0.6 is 11.8 Å². The highest BCUT2D eigenvalue weighted by Crippen LogP contribution is 2.13. The number of hydrogen-bond donors (Lipinski definition) is 1. The number of thioether (sulfide) groups is 1. The molecule has 0 atom stereocenters. The summed E-state index contributed by atoms with van der Waals surface area (Å²) in [7, 11) is 0. The Balaban J connectivity index is 2.25. The van der Waals surface area contributed by atoms with Gasteiger partial charge in [0.1, 0.15) is 0 Å². The molecule has 0 aliphatic carbocycles. The van der Waals surface area contributed by atoms with Gasteiger partial charge in [0.05, 0.1) is 0 Å². The summed E-state index contributed by atoms with van der Waals surface area (Å²) in [5.74, 6) is 1.19. The lowest BCUT2D eigenvalue weighted by Crippen LogP contribution is -2.23. The molecule has 0 spiro atoms. The first-order valence-electron chi connectivity index (χ1n) is 2.41. The van der Waals surface area contributed by atoms with E-state index >= 15 is 0 Å². The van der Waals surface area contributed by atoms with Gasteiger partial charge in [-0.3, -0.25) is 0 Å². The Morgan fingerprint density at radius 3 is 2.86 bits per heavy atom. The maximum absolute atomic E-state index is 3.81. The molecule has 0 radical (unpaired) electrons. The fourth-order valence-corrected chi connectivity index (χ4v) is 1.29. The highest BCUT2D eigenvalue weighted by Gasteiger charge is 1.99. The maximum atomic E-state index is 3.81. The predicted molar refractivity (Wildman–Crippen MR) is 34.5 cm³/mol. The molecule has 1 nitrogen and oxygen atoms in total. The van der Waals surface area contributed by atoms with Gasteiger partial charge >= 0.3 is 0 Å². The summed E-state index contributed by atoms with van der Waals surface area (Å²) in [5, 5.41) is 3.21. The predicted octanol–water partition coefficient (Wildman–Crippen LogP) is 0.837. The van der Waals surface area contributed by atoms with Crippen molar-refractivity contribution >= 4 is 11.8 Å². The molecule has 0 amide bonds. The summed E-state index contributed by atoms with van der Waals surface area (Å²) >= 11 is 1.86. The molecule has 1 aliphatic rings. The lowest BCUT2D eigenvalue weighted by atomic mass is 10.6. The molecule has 7 heavy (non-hydrogen) atoms. The fraction of sp³-hybridized carbons (Fsp3) is 0.600. The largest absolute Gasteiger partial charge is 0.311 e. The van der Waals surface area contributed by atoms with Crippen molar-refractivity contribution in [2.45, 2.75) is 0 Å². The van der Waals surface area contributed by atoms with Crippen LogP contribution in [0.3, 0.4) is 0 Å². The quantitative estimate of drug-likeness (QED) is 0.502. The molecule has 0 saturated carbocycles. The monoisotopic (exact) mass is 115 g/mol. The molecule has 0 aromatic carbocycles. The Hall–Kier alpha value is 0.0500. The molecule has 1 rings (SSSR count). The van der Waals surface area contributed by atoms with Crippen LogP contribution in [0.15, 0.2) is 11.5 Å². The molecule has 1 N–H and O–H groups in total. The normalized spacial score (nSPS) is 22.6. The first-order chi connectivity index (χ1) is 3.39. The van der Waals surface area contributed by atoms with E-state index in [0.29, 0.717) is 0 Å². The van der Waals surface area contributed by atoms with Crippen molar-refractivity contribution in [1.82, 2.24) is 5.32 Å². The van der Waals surface area contributed by atoms with Crippen molar-refractivity contribution in [2.75, 3.05) is 18.8 Å². The van der Waals surface area contributed by atoms with Crippen molar-refractivity contribution in [3.8, 4) is 0 Å². The number of rotatable bonds is 0. The Morgan fingerprint density at radius 2 is 2.57 bits per heavy atom. The smallest absolute Gasteiger partial charge is 0.0259 e. The van der Waals surface area contributed by atoms with Crippen molar-refractivity contribution in [3.05, 3.63) is 11.5 Å². The van der Waals surface area contributed by atoms with Gasteiger partial charge in [0.2, 0.25) is 0 Å². The molecule has 1 heterocycles. The second kappa shape index (κ2) is 2.38. The lowest BCUT2D eigenvalue weighted by molar-refractivity contribution is 0.788. The third kappa shape index (κ3) is 1.53. The van der Waals surface area contributed by atoms with Crippen molar-refractivity contribution in [1.29, 1.82) is 0 Å².